The summed E-state index contributed by atoms with van der Waals surface area (Å²) >= 11 is 1.70. The largest absolute Gasteiger partial charge is 0.350 e. The van der Waals surface area contributed by atoms with Crippen LogP contribution < -0.4 is 0 Å². The van der Waals surface area contributed by atoms with Crippen LogP contribution in [0.25, 0.3) is 0 Å². The van der Waals surface area contributed by atoms with Crippen LogP contribution >= 0.6 is 11.8 Å². The zero-order valence-electron chi connectivity index (χ0n) is 10.9. The second-order valence-corrected chi connectivity index (χ2v) is 4.85. The SMILES string of the molecule is COC(OC)c1ccnc(CSc2ccccc2)n1. The van der Waals surface area contributed by atoms with Crippen molar-refractivity contribution in [3.63, 3.8) is 0 Å². The lowest BCUT2D eigenvalue weighted by Crippen LogP contribution is -2.08. The Morgan fingerprint density at radius 3 is 2.53 bits per heavy atom. The summed E-state index contributed by atoms with van der Waals surface area (Å²) in [7, 11) is 3.18. The van der Waals surface area contributed by atoms with Gasteiger partial charge in [0.15, 0.2) is 0 Å². The second kappa shape index (κ2) is 7.23. The van der Waals surface area contributed by atoms with E-state index in [1.165, 1.54) is 4.90 Å². The van der Waals surface area contributed by atoms with Crippen molar-refractivity contribution in [3.8, 4) is 0 Å². The molecule has 2 rings (SSSR count). The molecule has 2 aromatic rings. The summed E-state index contributed by atoms with van der Waals surface area (Å²) in [6, 6.07) is 12.0. The molecule has 0 saturated carbocycles. The number of aromatic nitrogens is 2. The summed E-state index contributed by atoms with van der Waals surface area (Å²) in [5.41, 5.74) is 0.740. The fourth-order valence-corrected chi connectivity index (χ4v) is 2.40. The van der Waals surface area contributed by atoms with Gasteiger partial charge in [0.05, 0.1) is 11.4 Å². The van der Waals surface area contributed by atoms with E-state index in [4.69, 9.17) is 9.47 Å². The molecule has 0 saturated heterocycles. The Hall–Kier alpha value is -1.43. The van der Waals surface area contributed by atoms with Gasteiger partial charge in [-0.2, -0.15) is 0 Å². The molecule has 4 nitrogen and oxygen atoms in total. The quantitative estimate of drug-likeness (QED) is 0.599. The van der Waals surface area contributed by atoms with Crippen LogP contribution in [0, 0.1) is 0 Å². The third-order valence-corrected chi connectivity index (χ3v) is 3.52. The van der Waals surface area contributed by atoms with Crippen LogP contribution in [0.1, 0.15) is 17.8 Å². The Bertz CT molecular complexity index is 504. The van der Waals surface area contributed by atoms with Gasteiger partial charge in [-0.25, -0.2) is 9.97 Å². The maximum absolute atomic E-state index is 5.18. The lowest BCUT2D eigenvalue weighted by molar-refractivity contribution is -0.108. The number of nitrogens with zero attached hydrogens (tertiary/aromatic N) is 2. The molecule has 0 amide bonds. The molecular formula is C14H16N2O2S. The Kier molecular flexibility index (Phi) is 5.32. The molecule has 100 valence electrons. The van der Waals surface area contributed by atoms with E-state index in [-0.39, 0.29) is 0 Å². The monoisotopic (exact) mass is 276 g/mol. The number of thioether (sulfide) groups is 1. The minimum absolute atomic E-state index is 0.441. The summed E-state index contributed by atoms with van der Waals surface area (Å²) in [5.74, 6) is 1.49. The Balaban J connectivity index is 2.03. The minimum atomic E-state index is -0.441. The molecule has 0 unspecified atom stereocenters. The molecule has 1 heterocycles. The predicted molar refractivity (Wildman–Crippen MR) is 74.8 cm³/mol. The van der Waals surface area contributed by atoms with Crippen molar-refractivity contribution >= 4 is 11.8 Å². The molecule has 0 aliphatic heterocycles. The molecule has 5 heteroatoms. The Labute approximate surface area is 117 Å². The van der Waals surface area contributed by atoms with E-state index >= 15 is 0 Å². The average Bonchev–Trinajstić information content (AvgIpc) is 2.48. The maximum atomic E-state index is 5.18. The van der Waals surface area contributed by atoms with Gasteiger partial charge in [0.25, 0.3) is 0 Å². The first-order valence-corrected chi connectivity index (χ1v) is 6.87. The van der Waals surface area contributed by atoms with Gasteiger partial charge in [-0.15, -0.1) is 11.8 Å². The van der Waals surface area contributed by atoms with Gasteiger partial charge in [-0.05, 0) is 18.2 Å². The highest BCUT2D eigenvalue weighted by atomic mass is 32.2. The van der Waals surface area contributed by atoms with Crippen LogP contribution in [0.5, 0.6) is 0 Å². The Morgan fingerprint density at radius 1 is 1.11 bits per heavy atom. The van der Waals surface area contributed by atoms with Gasteiger partial charge in [-0.1, -0.05) is 18.2 Å². The number of hydrogen-bond acceptors (Lipinski definition) is 5. The fourth-order valence-electron chi connectivity index (χ4n) is 1.62. The van der Waals surface area contributed by atoms with Gasteiger partial charge in [0.2, 0.25) is 6.29 Å². The summed E-state index contributed by atoms with van der Waals surface area (Å²) in [6.07, 6.45) is 1.29. The molecule has 0 bridgehead atoms. The van der Waals surface area contributed by atoms with Gasteiger partial charge >= 0.3 is 0 Å². The molecule has 1 aromatic heterocycles. The van der Waals surface area contributed by atoms with Crippen molar-refractivity contribution in [2.45, 2.75) is 16.9 Å². The minimum Gasteiger partial charge on any atom is -0.350 e. The molecule has 1 aromatic carbocycles. The molecule has 19 heavy (non-hydrogen) atoms. The number of ether oxygens (including phenoxy) is 2. The lowest BCUT2D eigenvalue weighted by Gasteiger charge is -2.12. The third kappa shape index (κ3) is 4.02. The highest BCUT2D eigenvalue weighted by molar-refractivity contribution is 7.98. The maximum Gasteiger partial charge on any atom is 0.200 e. The van der Waals surface area contributed by atoms with Gasteiger partial charge in [0.1, 0.15) is 5.82 Å². The van der Waals surface area contributed by atoms with E-state index in [1.807, 2.05) is 18.2 Å². The van der Waals surface area contributed by atoms with Gasteiger partial charge in [-0.3, -0.25) is 0 Å². The lowest BCUT2D eigenvalue weighted by atomic mass is 10.4. The molecule has 0 N–H and O–H groups in total. The molecule has 0 atom stereocenters. The summed E-state index contributed by atoms with van der Waals surface area (Å²) < 4.78 is 10.4. The van der Waals surface area contributed by atoms with Crippen molar-refractivity contribution in [1.29, 1.82) is 0 Å². The Morgan fingerprint density at radius 2 is 1.84 bits per heavy atom. The third-order valence-electron chi connectivity index (χ3n) is 2.51. The topological polar surface area (TPSA) is 44.2 Å². The van der Waals surface area contributed by atoms with Crippen LogP contribution in [-0.4, -0.2) is 24.2 Å². The summed E-state index contributed by atoms with van der Waals surface area (Å²) in [4.78, 5) is 9.91. The molecule has 0 aliphatic carbocycles. The van der Waals surface area contributed by atoms with Crippen LogP contribution in [0.15, 0.2) is 47.5 Å². The average molecular weight is 276 g/mol. The van der Waals surface area contributed by atoms with Crippen LogP contribution in [0.4, 0.5) is 0 Å². The van der Waals surface area contributed by atoms with Crippen molar-refractivity contribution in [2.75, 3.05) is 14.2 Å². The van der Waals surface area contributed by atoms with Crippen molar-refractivity contribution in [3.05, 3.63) is 54.1 Å². The van der Waals surface area contributed by atoms with E-state index in [0.717, 1.165) is 17.3 Å². The molecular weight excluding hydrogens is 260 g/mol. The van der Waals surface area contributed by atoms with E-state index in [9.17, 15) is 0 Å². The normalized spacial score (nSPS) is 10.9. The van der Waals surface area contributed by atoms with E-state index in [2.05, 4.69) is 22.1 Å². The second-order valence-electron chi connectivity index (χ2n) is 3.80. The van der Waals surface area contributed by atoms with Crippen LogP contribution in [0.3, 0.4) is 0 Å². The molecule has 0 spiro atoms. The first-order valence-electron chi connectivity index (χ1n) is 5.88. The first-order chi connectivity index (χ1) is 9.33. The highest BCUT2D eigenvalue weighted by Crippen LogP contribution is 2.21. The van der Waals surface area contributed by atoms with Gasteiger partial charge in [0, 0.05) is 25.3 Å². The van der Waals surface area contributed by atoms with Crippen molar-refractivity contribution < 1.29 is 9.47 Å². The number of methoxy groups -OCH3 is 2. The molecule has 0 radical (unpaired) electrons. The summed E-state index contributed by atoms with van der Waals surface area (Å²) in [6.45, 7) is 0. The number of benzene rings is 1. The van der Waals surface area contributed by atoms with Crippen molar-refractivity contribution in [2.24, 2.45) is 0 Å². The number of rotatable bonds is 6. The number of hydrogen-bond donors (Lipinski definition) is 0. The predicted octanol–water partition coefficient (Wildman–Crippen LogP) is 3.06. The molecule has 0 aliphatic rings. The zero-order chi connectivity index (χ0) is 13.5. The smallest absolute Gasteiger partial charge is 0.200 e. The van der Waals surface area contributed by atoms with Crippen LogP contribution in [0.2, 0.25) is 0 Å². The summed E-state index contributed by atoms with van der Waals surface area (Å²) in [5, 5.41) is 0. The first kappa shape index (κ1) is 14.0. The van der Waals surface area contributed by atoms with E-state index in [1.54, 1.807) is 38.2 Å². The van der Waals surface area contributed by atoms with E-state index < -0.39 is 6.29 Å². The standard InChI is InChI=1S/C14H16N2O2S/c1-17-14(18-2)12-8-9-15-13(16-12)10-19-11-6-4-3-5-7-11/h3-9,14H,10H2,1-2H3. The molecule has 0 fully saturated rings. The van der Waals surface area contributed by atoms with Crippen LogP contribution in [-0.2, 0) is 15.2 Å². The van der Waals surface area contributed by atoms with Gasteiger partial charge < -0.3 is 9.47 Å². The van der Waals surface area contributed by atoms with E-state index in [0.29, 0.717) is 0 Å². The zero-order valence-corrected chi connectivity index (χ0v) is 11.8. The van der Waals surface area contributed by atoms with Crippen molar-refractivity contribution in [1.82, 2.24) is 9.97 Å². The highest BCUT2D eigenvalue weighted by Gasteiger charge is 2.11. The fraction of sp³-hybridized carbons (Fsp3) is 0.286.